The van der Waals surface area contributed by atoms with Crippen LogP contribution in [0.3, 0.4) is 0 Å². The zero-order valence-electron chi connectivity index (χ0n) is 15.1. The lowest BCUT2D eigenvalue weighted by Gasteiger charge is -2.33. The van der Waals surface area contributed by atoms with Crippen molar-refractivity contribution in [2.75, 3.05) is 18.8 Å². The molecule has 1 amide bonds. The van der Waals surface area contributed by atoms with Crippen molar-refractivity contribution in [2.45, 2.75) is 45.3 Å². The highest BCUT2D eigenvalue weighted by molar-refractivity contribution is 5.68. The van der Waals surface area contributed by atoms with Crippen molar-refractivity contribution < 1.29 is 9.53 Å². The summed E-state index contributed by atoms with van der Waals surface area (Å²) < 4.78 is 7.46. The Morgan fingerprint density at radius 2 is 1.80 bits per heavy atom. The first-order valence-corrected chi connectivity index (χ1v) is 8.70. The standard InChI is InChI=1S/C19H26N4O2/c1-19(2,3)25-18(24)22-10-8-17(9-11-22)23-13-15(12-21-23)14-4-6-16(20)7-5-14/h4-7,12-13,17H,8-11,20H2,1-3H3. The molecule has 0 spiro atoms. The number of piperidine rings is 1. The number of anilines is 1. The lowest BCUT2D eigenvalue weighted by Crippen LogP contribution is -2.42. The van der Waals surface area contributed by atoms with E-state index >= 15 is 0 Å². The van der Waals surface area contributed by atoms with E-state index in [-0.39, 0.29) is 6.09 Å². The molecule has 0 atom stereocenters. The molecule has 3 rings (SSSR count). The van der Waals surface area contributed by atoms with Gasteiger partial charge in [0.25, 0.3) is 0 Å². The Morgan fingerprint density at radius 3 is 2.40 bits per heavy atom. The van der Waals surface area contributed by atoms with Gasteiger partial charge in [0, 0.05) is 30.5 Å². The summed E-state index contributed by atoms with van der Waals surface area (Å²) in [6, 6.07) is 8.10. The molecule has 1 aromatic heterocycles. The van der Waals surface area contributed by atoms with Crippen LogP contribution in [0.15, 0.2) is 36.7 Å². The molecule has 2 N–H and O–H groups in total. The van der Waals surface area contributed by atoms with Crippen LogP contribution in [0.1, 0.15) is 39.7 Å². The van der Waals surface area contributed by atoms with Crippen molar-refractivity contribution in [2.24, 2.45) is 0 Å². The lowest BCUT2D eigenvalue weighted by atomic mass is 10.1. The maximum Gasteiger partial charge on any atom is 0.410 e. The van der Waals surface area contributed by atoms with Crippen LogP contribution in [0.2, 0.25) is 0 Å². The summed E-state index contributed by atoms with van der Waals surface area (Å²) in [5.74, 6) is 0. The summed E-state index contributed by atoms with van der Waals surface area (Å²) in [6.45, 7) is 7.05. The number of hydrogen-bond acceptors (Lipinski definition) is 4. The Balaban J connectivity index is 1.60. The Hall–Kier alpha value is -2.50. The van der Waals surface area contributed by atoms with Gasteiger partial charge in [0.2, 0.25) is 0 Å². The Labute approximate surface area is 148 Å². The van der Waals surface area contributed by atoms with Crippen molar-refractivity contribution in [3.63, 3.8) is 0 Å². The molecule has 0 radical (unpaired) electrons. The molecule has 0 aliphatic carbocycles. The average Bonchev–Trinajstić information content (AvgIpc) is 3.04. The molecular formula is C19H26N4O2. The highest BCUT2D eigenvalue weighted by atomic mass is 16.6. The van der Waals surface area contributed by atoms with Gasteiger partial charge in [0.05, 0.1) is 12.2 Å². The van der Waals surface area contributed by atoms with Crippen molar-refractivity contribution >= 4 is 11.8 Å². The molecule has 1 saturated heterocycles. The van der Waals surface area contributed by atoms with Crippen molar-refractivity contribution in [3.05, 3.63) is 36.7 Å². The topological polar surface area (TPSA) is 73.4 Å². The molecule has 134 valence electrons. The van der Waals surface area contributed by atoms with E-state index in [1.54, 1.807) is 4.90 Å². The van der Waals surface area contributed by atoms with Crippen molar-refractivity contribution in [1.29, 1.82) is 0 Å². The number of benzene rings is 1. The predicted octanol–water partition coefficient (Wildman–Crippen LogP) is 3.70. The Kier molecular flexibility index (Phi) is 4.70. The fourth-order valence-corrected chi connectivity index (χ4v) is 3.00. The van der Waals surface area contributed by atoms with Gasteiger partial charge >= 0.3 is 6.09 Å². The molecule has 1 aliphatic heterocycles. The largest absolute Gasteiger partial charge is 0.444 e. The van der Waals surface area contributed by atoms with Gasteiger partial charge in [-0.3, -0.25) is 4.68 Å². The zero-order chi connectivity index (χ0) is 18.0. The van der Waals surface area contributed by atoms with Crippen LogP contribution in [0.5, 0.6) is 0 Å². The Bertz CT molecular complexity index is 723. The molecule has 25 heavy (non-hydrogen) atoms. The van der Waals surface area contributed by atoms with Crippen LogP contribution in [0.4, 0.5) is 10.5 Å². The number of likely N-dealkylation sites (tertiary alicyclic amines) is 1. The van der Waals surface area contributed by atoms with E-state index in [2.05, 4.69) is 11.3 Å². The van der Waals surface area contributed by atoms with E-state index < -0.39 is 5.60 Å². The fourth-order valence-electron chi connectivity index (χ4n) is 3.00. The molecular weight excluding hydrogens is 316 g/mol. The Morgan fingerprint density at radius 1 is 1.16 bits per heavy atom. The quantitative estimate of drug-likeness (QED) is 0.845. The van der Waals surface area contributed by atoms with Gasteiger partial charge in [-0.15, -0.1) is 0 Å². The van der Waals surface area contributed by atoms with Gasteiger partial charge in [-0.1, -0.05) is 12.1 Å². The molecule has 1 aromatic carbocycles. The van der Waals surface area contributed by atoms with Crippen LogP contribution in [0.25, 0.3) is 11.1 Å². The van der Waals surface area contributed by atoms with Crippen LogP contribution in [0, 0.1) is 0 Å². The number of nitrogens with two attached hydrogens (primary N) is 1. The SMILES string of the molecule is CC(C)(C)OC(=O)N1CCC(n2cc(-c3ccc(N)cc3)cn2)CC1. The van der Waals surface area contributed by atoms with Crippen molar-refractivity contribution in [3.8, 4) is 11.1 Å². The molecule has 6 nitrogen and oxygen atoms in total. The van der Waals surface area contributed by atoms with Gasteiger partial charge in [-0.05, 0) is 51.3 Å². The minimum atomic E-state index is -0.454. The molecule has 0 bridgehead atoms. The number of nitrogens with zero attached hydrogens (tertiary/aromatic N) is 3. The monoisotopic (exact) mass is 342 g/mol. The van der Waals surface area contributed by atoms with Gasteiger partial charge < -0.3 is 15.4 Å². The number of hydrogen-bond donors (Lipinski definition) is 1. The second-order valence-corrected chi connectivity index (χ2v) is 7.53. The second-order valence-electron chi connectivity index (χ2n) is 7.53. The van der Waals surface area contributed by atoms with Crippen LogP contribution in [-0.2, 0) is 4.74 Å². The second kappa shape index (κ2) is 6.78. The minimum Gasteiger partial charge on any atom is -0.444 e. The van der Waals surface area contributed by atoms with Gasteiger partial charge in [0.15, 0.2) is 0 Å². The van der Waals surface area contributed by atoms with Gasteiger partial charge in [-0.2, -0.15) is 5.10 Å². The summed E-state index contributed by atoms with van der Waals surface area (Å²) in [5.41, 5.74) is 8.22. The summed E-state index contributed by atoms with van der Waals surface area (Å²) >= 11 is 0. The minimum absolute atomic E-state index is 0.228. The van der Waals surface area contributed by atoms with Gasteiger partial charge in [-0.25, -0.2) is 4.79 Å². The number of aromatic nitrogens is 2. The third kappa shape index (κ3) is 4.32. The summed E-state index contributed by atoms with van der Waals surface area (Å²) in [5, 5.41) is 4.52. The number of carbonyl (C=O) groups excluding carboxylic acids is 1. The first-order chi connectivity index (χ1) is 11.8. The predicted molar refractivity (Wildman–Crippen MR) is 98.2 cm³/mol. The van der Waals surface area contributed by atoms with Crippen LogP contribution < -0.4 is 5.73 Å². The molecule has 1 fully saturated rings. The average molecular weight is 342 g/mol. The van der Waals surface area contributed by atoms with E-state index in [1.165, 1.54) is 0 Å². The maximum atomic E-state index is 12.1. The molecule has 2 aromatic rings. The fraction of sp³-hybridized carbons (Fsp3) is 0.474. The van der Waals surface area contributed by atoms with E-state index in [0.717, 1.165) is 29.7 Å². The number of rotatable bonds is 2. The molecule has 6 heteroatoms. The third-order valence-corrected chi connectivity index (χ3v) is 4.34. The maximum absolute atomic E-state index is 12.1. The van der Waals surface area contributed by atoms with Crippen molar-refractivity contribution in [1.82, 2.24) is 14.7 Å². The number of amides is 1. The smallest absolute Gasteiger partial charge is 0.410 e. The number of carbonyl (C=O) groups is 1. The molecule has 1 aliphatic rings. The van der Waals surface area contributed by atoms with Gasteiger partial charge in [0.1, 0.15) is 5.60 Å². The van der Waals surface area contributed by atoms with Crippen LogP contribution >= 0.6 is 0 Å². The van der Waals surface area contributed by atoms with Crippen LogP contribution in [-0.4, -0.2) is 39.5 Å². The van der Waals surface area contributed by atoms with E-state index in [9.17, 15) is 4.79 Å². The molecule has 2 heterocycles. The van der Waals surface area contributed by atoms with E-state index in [0.29, 0.717) is 19.1 Å². The number of nitrogen functional groups attached to an aromatic ring is 1. The number of ether oxygens (including phenoxy) is 1. The first-order valence-electron chi connectivity index (χ1n) is 8.70. The molecule has 0 unspecified atom stereocenters. The van der Waals surface area contributed by atoms with E-state index in [4.69, 9.17) is 10.5 Å². The zero-order valence-corrected chi connectivity index (χ0v) is 15.1. The highest BCUT2D eigenvalue weighted by Crippen LogP contribution is 2.26. The highest BCUT2D eigenvalue weighted by Gasteiger charge is 2.27. The summed E-state index contributed by atoms with van der Waals surface area (Å²) in [7, 11) is 0. The summed E-state index contributed by atoms with van der Waals surface area (Å²) in [6.07, 6.45) is 5.48. The first kappa shape index (κ1) is 17.3. The normalized spacial score (nSPS) is 16.0. The summed E-state index contributed by atoms with van der Waals surface area (Å²) in [4.78, 5) is 13.9. The lowest BCUT2D eigenvalue weighted by molar-refractivity contribution is 0.0185. The third-order valence-electron chi connectivity index (χ3n) is 4.34. The van der Waals surface area contributed by atoms with E-state index in [1.807, 2.05) is 55.9 Å². The molecule has 0 saturated carbocycles.